The Kier molecular flexibility index (Phi) is 6.41. The summed E-state index contributed by atoms with van der Waals surface area (Å²) in [5, 5.41) is 11.6. The summed E-state index contributed by atoms with van der Waals surface area (Å²) in [7, 11) is 0. The van der Waals surface area contributed by atoms with Crippen molar-refractivity contribution in [1.29, 1.82) is 0 Å². The molecule has 0 spiro atoms. The lowest BCUT2D eigenvalue weighted by Gasteiger charge is -2.40. The maximum absolute atomic E-state index is 13.1. The zero-order valence-electron chi connectivity index (χ0n) is 16.5. The Labute approximate surface area is 192 Å². The fourth-order valence-corrected chi connectivity index (χ4v) is 4.94. The molecule has 31 heavy (non-hydrogen) atoms. The highest BCUT2D eigenvalue weighted by Gasteiger charge is 2.41. The number of benzene rings is 2. The highest BCUT2D eigenvalue weighted by Crippen LogP contribution is 2.33. The van der Waals surface area contributed by atoms with Crippen LogP contribution in [0.25, 0.3) is 6.08 Å². The minimum absolute atomic E-state index is 0.100. The molecular weight excluding hydrogens is 489 g/mol. The van der Waals surface area contributed by atoms with Gasteiger partial charge in [-0.25, -0.2) is 4.39 Å². The van der Waals surface area contributed by atoms with Crippen LogP contribution in [0.15, 0.2) is 46.9 Å². The number of likely N-dealkylation sites (tertiary alicyclic amines) is 1. The van der Waals surface area contributed by atoms with Crippen molar-refractivity contribution in [3.8, 4) is 0 Å². The van der Waals surface area contributed by atoms with Crippen molar-refractivity contribution in [2.24, 2.45) is 0 Å². The molecule has 2 aromatic rings. The van der Waals surface area contributed by atoms with Crippen molar-refractivity contribution >= 4 is 45.2 Å². The van der Waals surface area contributed by atoms with Gasteiger partial charge in [0.2, 0.25) is 5.91 Å². The van der Waals surface area contributed by atoms with Gasteiger partial charge >= 0.3 is 0 Å². The molecule has 0 aliphatic carbocycles. The molecule has 4 rings (SSSR count). The Bertz CT molecular complexity index is 1030. The predicted octanol–water partition coefficient (Wildman–Crippen LogP) is 5.04. The molecule has 1 amide bonds. The van der Waals surface area contributed by atoms with E-state index >= 15 is 0 Å². The van der Waals surface area contributed by atoms with Gasteiger partial charge in [-0.1, -0.05) is 23.7 Å². The van der Waals surface area contributed by atoms with E-state index in [0.29, 0.717) is 10.0 Å². The van der Waals surface area contributed by atoms with Gasteiger partial charge in [-0.2, -0.15) is 0 Å². The summed E-state index contributed by atoms with van der Waals surface area (Å²) in [5.41, 5.74) is 1.21. The van der Waals surface area contributed by atoms with E-state index in [9.17, 15) is 19.3 Å². The molecule has 0 N–H and O–H groups in total. The van der Waals surface area contributed by atoms with E-state index < -0.39 is 4.92 Å². The fourth-order valence-electron chi connectivity index (χ4n) is 4.42. The van der Waals surface area contributed by atoms with Crippen LogP contribution in [0.4, 0.5) is 10.1 Å². The van der Waals surface area contributed by atoms with E-state index in [1.807, 2.05) is 4.90 Å². The first-order chi connectivity index (χ1) is 14.8. The van der Waals surface area contributed by atoms with E-state index in [4.69, 9.17) is 11.6 Å². The van der Waals surface area contributed by atoms with Gasteiger partial charge < -0.3 is 4.90 Å². The van der Waals surface area contributed by atoms with Crippen molar-refractivity contribution in [2.45, 2.75) is 31.5 Å². The molecule has 2 aliphatic rings. The summed E-state index contributed by atoms with van der Waals surface area (Å²) in [6.45, 7) is 2.22. The summed E-state index contributed by atoms with van der Waals surface area (Å²) in [6, 6.07) is 9.51. The molecule has 0 aromatic heterocycles. The maximum atomic E-state index is 13.1. The van der Waals surface area contributed by atoms with Gasteiger partial charge in [-0.15, -0.1) is 0 Å². The lowest BCUT2D eigenvalue weighted by Crippen LogP contribution is -2.55. The first-order valence-electron chi connectivity index (χ1n) is 9.92. The average molecular weight is 509 g/mol. The van der Waals surface area contributed by atoms with Gasteiger partial charge in [-0.05, 0) is 58.6 Å². The smallest absolute Gasteiger partial charge is 0.278 e. The summed E-state index contributed by atoms with van der Waals surface area (Å²) >= 11 is 9.24. The molecule has 2 saturated heterocycles. The first kappa shape index (κ1) is 21.9. The molecule has 2 aliphatic heterocycles. The van der Waals surface area contributed by atoms with Gasteiger partial charge in [0, 0.05) is 48.3 Å². The fraction of sp³-hybridized carbons (Fsp3) is 0.318. The number of carbonyl (C=O) groups is 1. The lowest BCUT2D eigenvalue weighted by molar-refractivity contribution is -0.385. The second kappa shape index (κ2) is 9.06. The van der Waals surface area contributed by atoms with Gasteiger partial charge in [-0.3, -0.25) is 19.8 Å². The van der Waals surface area contributed by atoms with E-state index in [0.717, 1.165) is 38.0 Å². The number of hydrogen-bond donors (Lipinski definition) is 0. The van der Waals surface area contributed by atoms with E-state index in [2.05, 4.69) is 20.8 Å². The molecule has 9 heteroatoms. The molecular formula is C22H20BrClFN3O3. The third-order valence-electron chi connectivity index (χ3n) is 5.80. The summed E-state index contributed by atoms with van der Waals surface area (Å²) in [6.07, 6.45) is 4.74. The zero-order valence-corrected chi connectivity index (χ0v) is 18.9. The van der Waals surface area contributed by atoms with Crippen molar-refractivity contribution in [3.05, 3.63) is 79.0 Å². The Balaban J connectivity index is 1.45. The Morgan fingerprint density at radius 1 is 1.23 bits per heavy atom. The summed E-state index contributed by atoms with van der Waals surface area (Å²) in [4.78, 5) is 27.9. The molecule has 0 radical (unpaired) electrons. The van der Waals surface area contributed by atoms with E-state index in [1.54, 1.807) is 18.2 Å². The second-order valence-electron chi connectivity index (χ2n) is 7.87. The number of fused-ring (bicyclic) bond motifs is 2. The minimum Gasteiger partial charge on any atom is -0.331 e. The highest BCUT2D eigenvalue weighted by atomic mass is 79.9. The molecule has 0 saturated carbocycles. The lowest BCUT2D eigenvalue weighted by atomic mass is 10.1. The largest absolute Gasteiger partial charge is 0.331 e. The van der Waals surface area contributed by atoms with Crippen molar-refractivity contribution < 1.29 is 14.1 Å². The van der Waals surface area contributed by atoms with Gasteiger partial charge in [0.1, 0.15) is 5.82 Å². The third kappa shape index (κ3) is 4.81. The summed E-state index contributed by atoms with van der Waals surface area (Å²) < 4.78 is 13.7. The number of halogens is 3. The molecule has 2 heterocycles. The van der Waals surface area contributed by atoms with Gasteiger partial charge in [0.15, 0.2) is 0 Å². The number of piperazine rings is 1. The molecule has 2 unspecified atom stereocenters. The maximum Gasteiger partial charge on any atom is 0.278 e. The van der Waals surface area contributed by atoms with Crippen LogP contribution < -0.4 is 0 Å². The van der Waals surface area contributed by atoms with Crippen LogP contribution in [0.3, 0.4) is 0 Å². The third-order valence-corrected chi connectivity index (χ3v) is 7.00. The monoisotopic (exact) mass is 507 g/mol. The molecule has 2 aromatic carbocycles. The topological polar surface area (TPSA) is 66.7 Å². The molecule has 162 valence electrons. The quantitative estimate of drug-likeness (QED) is 0.322. The van der Waals surface area contributed by atoms with Crippen LogP contribution in [0, 0.1) is 15.9 Å². The predicted molar refractivity (Wildman–Crippen MR) is 120 cm³/mol. The minimum atomic E-state index is -0.514. The number of nitrogens with zero attached hydrogens (tertiary/aromatic N) is 3. The standard InChI is InChI=1S/C22H20BrClFN3O3/c23-19-9-15(21(28(30)31)10-20(19)24)3-8-22(29)27-17-6-7-18(27)13-26(12-17)11-14-1-4-16(25)5-2-14/h1-5,8-10,17-18H,6-7,11-13H2/b8-3+. The number of rotatable bonds is 5. The second-order valence-corrected chi connectivity index (χ2v) is 9.13. The van der Waals surface area contributed by atoms with Crippen LogP contribution >= 0.6 is 27.5 Å². The van der Waals surface area contributed by atoms with Crippen LogP contribution in [-0.4, -0.2) is 45.8 Å². The van der Waals surface area contributed by atoms with Crippen molar-refractivity contribution in [1.82, 2.24) is 9.80 Å². The summed E-state index contributed by atoms with van der Waals surface area (Å²) in [5.74, 6) is -0.395. The molecule has 2 bridgehead atoms. The van der Waals surface area contributed by atoms with Crippen LogP contribution in [0.5, 0.6) is 0 Å². The van der Waals surface area contributed by atoms with Crippen molar-refractivity contribution in [3.63, 3.8) is 0 Å². The number of hydrogen-bond acceptors (Lipinski definition) is 4. The zero-order chi connectivity index (χ0) is 22.1. The number of amides is 1. The first-order valence-corrected chi connectivity index (χ1v) is 11.1. The SMILES string of the molecule is O=C(/C=C/c1cc(Br)c(Cl)cc1[N+](=O)[O-])N1C2CCC1CN(Cc1ccc(F)cc1)C2. The van der Waals surface area contributed by atoms with E-state index in [1.165, 1.54) is 30.4 Å². The Hall–Kier alpha value is -2.29. The number of carbonyl (C=O) groups excluding carboxylic acids is 1. The highest BCUT2D eigenvalue weighted by molar-refractivity contribution is 9.10. The Morgan fingerprint density at radius 2 is 1.87 bits per heavy atom. The van der Waals surface area contributed by atoms with E-state index in [-0.39, 0.29) is 34.5 Å². The number of nitro benzene ring substituents is 1. The normalized spacial score (nSPS) is 21.1. The Morgan fingerprint density at radius 3 is 2.48 bits per heavy atom. The van der Waals surface area contributed by atoms with Gasteiger partial charge in [0.05, 0.1) is 15.5 Å². The van der Waals surface area contributed by atoms with Gasteiger partial charge in [0.25, 0.3) is 5.69 Å². The van der Waals surface area contributed by atoms with Crippen LogP contribution in [0.2, 0.25) is 5.02 Å². The van der Waals surface area contributed by atoms with Crippen LogP contribution in [-0.2, 0) is 11.3 Å². The molecule has 2 fully saturated rings. The molecule has 2 atom stereocenters. The van der Waals surface area contributed by atoms with Crippen molar-refractivity contribution in [2.75, 3.05) is 13.1 Å². The number of nitro groups is 1. The van der Waals surface area contributed by atoms with Crippen LogP contribution in [0.1, 0.15) is 24.0 Å². The molecule has 6 nitrogen and oxygen atoms in total. The average Bonchev–Trinajstić information content (AvgIpc) is 3.00.